The largest absolute Gasteiger partial charge is 0.743 e. The zero-order valence-electron chi connectivity index (χ0n) is 18.1. The second-order valence-corrected chi connectivity index (χ2v) is 8.52. The Labute approximate surface area is 181 Å². The molecule has 15 heteroatoms. The van der Waals surface area contributed by atoms with Gasteiger partial charge in [0.05, 0.1) is 26.2 Å². The number of hydrogen-bond donors (Lipinski definition) is 0. The lowest BCUT2D eigenvalue weighted by Gasteiger charge is -2.35. The summed E-state index contributed by atoms with van der Waals surface area (Å²) in [5.41, 5.74) is 0. The third-order valence-electron chi connectivity index (χ3n) is 5.34. The first-order valence-electron chi connectivity index (χ1n) is 9.77. The number of alkyl halides is 10. The summed E-state index contributed by atoms with van der Waals surface area (Å²) >= 11 is 0. The van der Waals surface area contributed by atoms with Crippen LogP contribution in [0.1, 0.15) is 53.4 Å². The summed E-state index contributed by atoms with van der Waals surface area (Å²) in [7, 11) is -7.25. The van der Waals surface area contributed by atoms with Crippen LogP contribution in [0.2, 0.25) is 0 Å². The molecule has 0 rings (SSSR count). The standard InChI is InChI=1S/C9H10F10O3S.C8H20N/c10-5(3-1-2-4-6(11,12)13)7(14,15)8(16,17)9(18,19)23(20,21)22;1-5-9(6-2,7-3)8-4/h5H,1-4H2,(H,20,21,22);5-8H2,1-4H3/q;+1/p-1. The number of nitrogens with zero attached hydrogens (tertiary/aromatic N) is 1. The van der Waals surface area contributed by atoms with E-state index in [4.69, 9.17) is 0 Å². The van der Waals surface area contributed by atoms with Crippen molar-refractivity contribution in [1.29, 1.82) is 0 Å². The molecule has 0 aromatic rings. The highest BCUT2D eigenvalue weighted by atomic mass is 32.2. The molecule has 32 heavy (non-hydrogen) atoms. The normalized spacial score (nSPS) is 15.2. The highest BCUT2D eigenvalue weighted by Gasteiger charge is 2.77. The van der Waals surface area contributed by atoms with Gasteiger partial charge in [-0.2, -0.15) is 39.5 Å². The SMILES string of the molecule is CC[N+](CC)(CC)CC.O=S(=O)([O-])C(F)(F)C(F)(F)C(F)(F)C(F)CCCCC(F)(F)F. The van der Waals surface area contributed by atoms with E-state index in [1.54, 1.807) is 0 Å². The summed E-state index contributed by atoms with van der Waals surface area (Å²) in [6.07, 6.45) is -14.0. The minimum atomic E-state index is -7.25. The minimum Gasteiger partial charge on any atom is -0.743 e. The smallest absolute Gasteiger partial charge is 0.402 e. The fraction of sp³-hybridized carbons (Fsp3) is 1.00. The van der Waals surface area contributed by atoms with Gasteiger partial charge in [0.25, 0.3) is 0 Å². The molecule has 0 aromatic heterocycles. The maximum Gasteiger partial charge on any atom is 0.402 e. The number of rotatable bonds is 12. The Balaban J connectivity index is 0. The van der Waals surface area contributed by atoms with Gasteiger partial charge in [0.2, 0.25) is 0 Å². The Kier molecular flexibility index (Phi) is 12.5. The number of hydrogen-bond acceptors (Lipinski definition) is 3. The molecule has 0 saturated heterocycles. The van der Waals surface area contributed by atoms with Crippen LogP contribution in [0.5, 0.6) is 0 Å². The average molecular weight is 517 g/mol. The lowest BCUT2D eigenvalue weighted by atomic mass is 10.0. The third kappa shape index (κ3) is 8.50. The Morgan fingerprint density at radius 2 is 1.16 bits per heavy atom. The second-order valence-electron chi connectivity index (χ2n) is 7.10. The van der Waals surface area contributed by atoms with Gasteiger partial charge in [-0.1, -0.05) is 0 Å². The van der Waals surface area contributed by atoms with Crippen LogP contribution in [0.3, 0.4) is 0 Å². The van der Waals surface area contributed by atoms with E-state index in [1.807, 2.05) is 0 Å². The lowest BCUT2D eigenvalue weighted by Crippen LogP contribution is -2.61. The fourth-order valence-corrected chi connectivity index (χ4v) is 3.17. The first-order valence-corrected chi connectivity index (χ1v) is 11.2. The van der Waals surface area contributed by atoms with Crippen molar-refractivity contribution < 1.29 is 61.4 Å². The Hall–Kier alpha value is -0.830. The molecule has 0 amide bonds. The van der Waals surface area contributed by atoms with Gasteiger partial charge in [0.15, 0.2) is 16.3 Å². The summed E-state index contributed by atoms with van der Waals surface area (Å²) in [6, 6.07) is 0. The van der Waals surface area contributed by atoms with Gasteiger partial charge in [-0.15, -0.1) is 0 Å². The maximum absolute atomic E-state index is 13.1. The van der Waals surface area contributed by atoms with Crippen LogP contribution in [0.25, 0.3) is 0 Å². The molecule has 4 nitrogen and oxygen atoms in total. The number of unbranched alkanes of at least 4 members (excludes halogenated alkanes) is 1. The molecule has 0 heterocycles. The molecule has 1 unspecified atom stereocenters. The number of quaternary nitrogens is 1. The van der Waals surface area contributed by atoms with Crippen LogP contribution < -0.4 is 0 Å². The van der Waals surface area contributed by atoms with Gasteiger partial charge in [0.1, 0.15) is 0 Å². The van der Waals surface area contributed by atoms with Crippen molar-refractivity contribution in [2.45, 2.75) is 82.8 Å². The molecule has 0 bridgehead atoms. The van der Waals surface area contributed by atoms with Crippen molar-refractivity contribution in [2.75, 3.05) is 26.2 Å². The van der Waals surface area contributed by atoms with Crippen LogP contribution in [0, 0.1) is 0 Å². The zero-order chi connectivity index (χ0) is 26.2. The summed E-state index contributed by atoms with van der Waals surface area (Å²) in [6.45, 7) is 14.2. The molecule has 1 atom stereocenters. The molecule has 0 fully saturated rings. The van der Waals surface area contributed by atoms with Crippen LogP contribution in [-0.2, 0) is 10.1 Å². The highest BCUT2D eigenvalue weighted by Crippen LogP contribution is 2.50. The second kappa shape index (κ2) is 12.0. The highest BCUT2D eigenvalue weighted by molar-refractivity contribution is 7.86. The predicted octanol–water partition coefficient (Wildman–Crippen LogP) is 5.74. The molecule has 0 saturated carbocycles. The average Bonchev–Trinajstić information content (AvgIpc) is 2.66. The molecule has 0 aliphatic heterocycles. The summed E-state index contributed by atoms with van der Waals surface area (Å²) in [5.74, 6) is -13.2. The molecule has 0 N–H and O–H groups in total. The third-order valence-corrected chi connectivity index (χ3v) is 6.23. The fourth-order valence-electron chi connectivity index (χ4n) is 2.72. The van der Waals surface area contributed by atoms with E-state index in [9.17, 15) is 56.9 Å². The van der Waals surface area contributed by atoms with Gasteiger partial charge in [-0.3, -0.25) is 0 Å². The van der Waals surface area contributed by atoms with E-state index in [2.05, 4.69) is 27.7 Å². The Bertz CT molecular complexity index is 632. The maximum atomic E-state index is 13.1. The molecule has 196 valence electrons. The topological polar surface area (TPSA) is 57.2 Å². The van der Waals surface area contributed by atoms with E-state index >= 15 is 0 Å². The van der Waals surface area contributed by atoms with Crippen molar-refractivity contribution >= 4 is 10.1 Å². The van der Waals surface area contributed by atoms with E-state index in [-0.39, 0.29) is 0 Å². The lowest BCUT2D eigenvalue weighted by molar-refractivity contribution is -0.921. The van der Waals surface area contributed by atoms with E-state index < -0.39 is 65.2 Å². The van der Waals surface area contributed by atoms with Crippen molar-refractivity contribution in [3.8, 4) is 0 Å². The van der Waals surface area contributed by atoms with Gasteiger partial charge in [-0.05, 0) is 47.0 Å². The van der Waals surface area contributed by atoms with Crippen molar-refractivity contribution in [3.05, 3.63) is 0 Å². The molecule has 0 aromatic carbocycles. The summed E-state index contributed by atoms with van der Waals surface area (Å²) in [5, 5.41) is -6.81. The van der Waals surface area contributed by atoms with E-state index in [0.29, 0.717) is 0 Å². The Morgan fingerprint density at radius 1 is 0.781 bits per heavy atom. The van der Waals surface area contributed by atoms with Crippen LogP contribution in [0.15, 0.2) is 0 Å². The van der Waals surface area contributed by atoms with E-state index in [0.717, 1.165) is 0 Å². The molecular weight excluding hydrogens is 488 g/mol. The zero-order valence-corrected chi connectivity index (χ0v) is 18.9. The van der Waals surface area contributed by atoms with Crippen LogP contribution in [-0.4, -0.2) is 73.1 Å². The van der Waals surface area contributed by atoms with Gasteiger partial charge >= 0.3 is 23.3 Å². The number of halogens is 10. The van der Waals surface area contributed by atoms with E-state index in [1.165, 1.54) is 30.7 Å². The minimum absolute atomic E-state index is 0.943. The van der Waals surface area contributed by atoms with Crippen molar-refractivity contribution in [2.24, 2.45) is 0 Å². The predicted molar refractivity (Wildman–Crippen MR) is 96.4 cm³/mol. The van der Waals surface area contributed by atoms with Crippen molar-refractivity contribution in [1.82, 2.24) is 0 Å². The molecule has 0 aliphatic carbocycles. The van der Waals surface area contributed by atoms with Gasteiger partial charge in [-0.25, -0.2) is 12.8 Å². The Morgan fingerprint density at radius 3 is 1.41 bits per heavy atom. The summed E-state index contributed by atoms with van der Waals surface area (Å²) in [4.78, 5) is 0. The first kappa shape index (κ1) is 33.3. The first-order chi connectivity index (χ1) is 14.1. The molecule has 0 radical (unpaired) electrons. The summed E-state index contributed by atoms with van der Waals surface area (Å²) < 4.78 is 157. The van der Waals surface area contributed by atoms with Gasteiger partial charge < -0.3 is 9.04 Å². The van der Waals surface area contributed by atoms with Gasteiger partial charge in [0, 0.05) is 6.42 Å². The molecular formula is C17H29F10NO3S. The molecule has 0 spiro atoms. The van der Waals surface area contributed by atoms with Crippen LogP contribution in [0.4, 0.5) is 43.9 Å². The monoisotopic (exact) mass is 517 g/mol. The van der Waals surface area contributed by atoms with Crippen LogP contribution >= 0.6 is 0 Å². The molecule has 0 aliphatic rings. The van der Waals surface area contributed by atoms with Crippen molar-refractivity contribution in [3.63, 3.8) is 0 Å². The quantitative estimate of drug-likeness (QED) is 0.144.